The third kappa shape index (κ3) is 5.26. The number of nitrogens with zero attached hydrogens (tertiary/aromatic N) is 2. The molecule has 0 fully saturated rings. The van der Waals surface area contributed by atoms with Crippen LogP contribution >= 0.6 is 0 Å². The largest absolute Gasteiger partial charge is 0.354 e. The van der Waals surface area contributed by atoms with E-state index >= 15 is 0 Å². The van der Waals surface area contributed by atoms with E-state index in [0.29, 0.717) is 12.2 Å². The standard InChI is InChI=1S/C31H27N3O2/c35-30(32-21-20-26(23-10-3-1-4-11-23)24-12-5-2-6-13-24)22-34-31(36)19-18-29(33-34)28-17-9-15-25-14-7-8-16-27(25)28/h1-19,26H,20-22H2,(H,32,35). The minimum absolute atomic E-state index is 0.126. The van der Waals surface area contributed by atoms with Crippen molar-refractivity contribution in [3.8, 4) is 11.3 Å². The number of carbonyl (C=O) groups is 1. The number of hydrogen-bond donors (Lipinski definition) is 1. The van der Waals surface area contributed by atoms with Gasteiger partial charge in [0.2, 0.25) is 5.91 Å². The number of rotatable bonds is 8. The summed E-state index contributed by atoms with van der Waals surface area (Å²) in [5.41, 5.74) is 3.70. The Kier molecular flexibility index (Phi) is 6.99. The minimum Gasteiger partial charge on any atom is -0.354 e. The topological polar surface area (TPSA) is 64.0 Å². The number of benzene rings is 4. The summed E-state index contributed by atoms with van der Waals surface area (Å²) < 4.78 is 1.23. The van der Waals surface area contributed by atoms with Crippen molar-refractivity contribution < 1.29 is 4.79 Å². The zero-order chi connectivity index (χ0) is 24.7. The van der Waals surface area contributed by atoms with E-state index in [-0.39, 0.29) is 23.9 Å². The van der Waals surface area contributed by atoms with Crippen LogP contribution in [-0.2, 0) is 11.3 Å². The molecule has 4 aromatic carbocycles. The van der Waals surface area contributed by atoms with Crippen molar-refractivity contribution >= 4 is 16.7 Å². The van der Waals surface area contributed by atoms with Gasteiger partial charge in [-0.25, -0.2) is 4.68 Å². The molecule has 5 aromatic rings. The first-order valence-corrected chi connectivity index (χ1v) is 12.1. The summed E-state index contributed by atoms with van der Waals surface area (Å²) in [4.78, 5) is 25.2. The fourth-order valence-electron chi connectivity index (χ4n) is 4.60. The van der Waals surface area contributed by atoms with Crippen molar-refractivity contribution in [1.29, 1.82) is 0 Å². The Morgan fingerprint density at radius 1 is 0.750 bits per heavy atom. The average molecular weight is 474 g/mol. The number of carbonyl (C=O) groups excluding carboxylic acids is 1. The van der Waals surface area contributed by atoms with Gasteiger partial charge in [0.05, 0.1) is 5.69 Å². The molecule has 1 amide bonds. The van der Waals surface area contributed by atoms with Crippen LogP contribution in [0.5, 0.6) is 0 Å². The van der Waals surface area contributed by atoms with Gasteiger partial charge in [0.25, 0.3) is 5.56 Å². The molecule has 1 heterocycles. The molecular formula is C31H27N3O2. The quantitative estimate of drug-likeness (QED) is 0.328. The first kappa shape index (κ1) is 23.2. The molecule has 0 unspecified atom stereocenters. The van der Waals surface area contributed by atoms with Crippen LogP contribution in [0.4, 0.5) is 0 Å². The summed E-state index contributed by atoms with van der Waals surface area (Å²) in [5, 5.41) is 9.64. The predicted molar refractivity (Wildman–Crippen MR) is 144 cm³/mol. The van der Waals surface area contributed by atoms with Gasteiger partial charge in [-0.15, -0.1) is 0 Å². The monoisotopic (exact) mass is 473 g/mol. The van der Waals surface area contributed by atoms with Crippen LogP contribution in [-0.4, -0.2) is 22.2 Å². The Labute approximate surface area is 210 Å². The normalized spacial score (nSPS) is 11.0. The van der Waals surface area contributed by atoms with Crippen LogP contribution in [0, 0.1) is 0 Å². The highest BCUT2D eigenvalue weighted by atomic mass is 16.2. The molecule has 0 atom stereocenters. The Balaban J connectivity index is 1.29. The minimum atomic E-state index is -0.305. The lowest BCUT2D eigenvalue weighted by Crippen LogP contribution is -2.34. The molecule has 0 radical (unpaired) electrons. The number of nitrogens with one attached hydrogen (secondary N) is 1. The van der Waals surface area contributed by atoms with Crippen molar-refractivity contribution in [1.82, 2.24) is 15.1 Å². The van der Waals surface area contributed by atoms with E-state index in [1.807, 2.05) is 78.9 Å². The van der Waals surface area contributed by atoms with Gasteiger partial charge < -0.3 is 5.32 Å². The predicted octanol–water partition coefficient (Wildman–Crippen LogP) is 5.40. The summed E-state index contributed by atoms with van der Waals surface area (Å²) in [7, 11) is 0. The number of fused-ring (bicyclic) bond motifs is 1. The van der Waals surface area contributed by atoms with Crippen LogP contribution in [0.2, 0.25) is 0 Å². The molecule has 5 nitrogen and oxygen atoms in total. The van der Waals surface area contributed by atoms with Crippen LogP contribution in [0.25, 0.3) is 22.0 Å². The van der Waals surface area contributed by atoms with Crippen LogP contribution < -0.4 is 10.9 Å². The van der Waals surface area contributed by atoms with Crippen molar-refractivity contribution in [2.75, 3.05) is 6.54 Å². The molecule has 0 aliphatic rings. The number of aromatic nitrogens is 2. The van der Waals surface area contributed by atoms with Crippen LogP contribution in [0.3, 0.4) is 0 Å². The molecule has 5 heteroatoms. The van der Waals surface area contributed by atoms with Crippen molar-refractivity contribution in [2.45, 2.75) is 18.9 Å². The molecule has 0 saturated heterocycles. The summed E-state index contributed by atoms with van der Waals surface area (Å²) in [6, 6.07) is 37.8. The van der Waals surface area contributed by atoms with Gasteiger partial charge in [0.1, 0.15) is 6.54 Å². The van der Waals surface area contributed by atoms with Gasteiger partial charge in [-0.3, -0.25) is 9.59 Å². The molecule has 0 aliphatic carbocycles. The summed E-state index contributed by atoms with van der Waals surface area (Å²) >= 11 is 0. The molecule has 36 heavy (non-hydrogen) atoms. The number of amides is 1. The molecule has 1 aromatic heterocycles. The highest BCUT2D eigenvalue weighted by Gasteiger charge is 2.15. The van der Waals surface area contributed by atoms with Crippen molar-refractivity contribution in [3.05, 3.63) is 137 Å². The summed E-state index contributed by atoms with van der Waals surface area (Å²) in [5.74, 6) is -0.0669. The van der Waals surface area contributed by atoms with Gasteiger partial charge >= 0.3 is 0 Å². The maximum atomic E-state index is 12.8. The maximum absolute atomic E-state index is 12.8. The van der Waals surface area contributed by atoms with Gasteiger partial charge in [-0.05, 0) is 34.4 Å². The van der Waals surface area contributed by atoms with E-state index in [4.69, 9.17) is 0 Å². The maximum Gasteiger partial charge on any atom is 0.267 e. The van der Waals surface area contributed by atoms with Crippen molar-refractivity contribution in [2.24, 2.45) is 0 Å². The smallest absolute Gasteiger partial charge is 0.267 e. The SMILES string of the molecule is O=C(Cn1nc(-c2cccc3ccccc23)ccc1=O)NCCC(c1ccccc1)c1ccccc1. The average Bonchev–Trinajstić information content (AvgIpc) is 2.93. The van der Waals surface area contributed by atoms with Crippen LogP contribution in [0.1, 0.15) is 23.5 Å². The lowest BCUT2D eigenvalue weighted by molar-refractivity contribution is -0.121. The second kappa shape index (κ2) is 10.8. The molecular weight excluding hydrogens is 446 g/mol. The Hall–Kier alpha value is -4.51. The van der Waals surface area contributed by atoms with Crippen LogP contribution in [0.15, 0.2) is 120 Å². The first-order chi connectivity index (χ1) is 17.7. The molecule has 5 rings (SSSR count). The first-order valence-electron chi connectivity index (χ1n) is 12.1. The number of hydrogen-bond acceptors (Lipinski definition) is 3. The zero-order valence-electron chi connectivity index (χ0n) is 19.9. The van der Waals surface area contributed by atoms with Crippen molar-refractivity contribution in [3.63, 3.8) is 0 Å². The third-order valence-electron chi connectivity index (χ3n) is 6.38. The van der Waals surface area contributed by atoms with E-state index < -0.39 is 0 Å². The molecule has 0 aliphatic heterocycles. The van der Waals surface area contributed by atoms with E-state index in [9.17, 15) is 9.59 Å². The van der Waals surface area contributed by atoms with Gasteiger partial charge in [0.15, 0.2) is 0 Å². The second-order valence-electron chi connectivity index (χ2n) is 8.75. The Bertz CT molecular complexity index is 1480. The molecule has 178 valence electrons. The Morgan fingerprint density at radius 3 is 2.11 bits per heavy atom. The highest BCUT2D eigenvalue weighted by Crippen LogP contribution is 2.28. The lowest BCUT2D eigenvalue weighted by Gasteiger charge is -2.18. The highest BCUT2D eigenvalue weighted by molar-refractivity contribution is 5.95. The molecule has 1 N–H and O–H groups in total. The zero-order valence-corrected chi connectivity index (χ0v) is 19.9. The summed E-state index contributed by atoms with van der Waals surface area (Å²) in [6.07, 6.45) is 0.748. The van der Waals surface area contributed by atoms with E-state index in [2.05, 4.69) is 34.7 Å². The van der Waals surface area contributed by atoms with Gasteiger partial charge in [0, 0.05) is 24.1 Å². The molecule has 0 saturated carbocycles. The lowest BCUT2D eigenvalue weighted by atomic mass is 9.88. The van der Waals surface area contributed by atoms with E-state index in [0.717, 1.165) is 22.8 Å². The Morgan fingerprint density at radius 2 is 1.39 bits per heavy atom. The van der Waals surface area contributed by atoms with E-state index in [1.54, 1.807) is 6.07 Å². The second-order valence-corrected chi connectivity index (χ2v) is 8.75. The van der Waals surface area contributed by atoms with E-state index in [1.165, 1.54) is 21.9 Å². The third-order valence-corrected chi connectivity index (χ3v) is 6.38. The van der Waals surface area contributed by atoms with Gasteiger partial charge in [-0.1, -0.05) is 103 Å². The van der Waals surface area contributed by atoms with Gasteiger partial charge in [-0.2, -0.15) is 5.10 Å². The molecule has 0 bridgehead atoms. The fraction of sp³-hybridized carbons (Fsp3) is 0.129. The molecule has 0 spiro atoms. The summed E-state index contributed by atoms with van der Waals surface area (Å²) in [6.45, 7) is 0.365. The fourth-order valence-corrected chi connectivity index (χ4v) is 4.60.